The van der Waals surface area contributed by atoms with Crippen LogP contribution in [0.25, 0.3) is 0 Å². The summed E-state index contributed by atoms with van der Waals surface area (Å²) in [6.45, 7) is 4.45. The second kappa shape index (κ2) is 8.71. The third-order valence-corrected chi connectivity index (χ3v) is 4.34. The Bertz CT molecular complexity index is 338. The third kappa shape index (κ3) is 5.53. The van der Waals surface area contributed by atoms with Crippen LogP contribution >= 0.6 is 15.9 Å². The van der Waals surface area contributed by atoms with Gasteiger partial charge in [-0.05, 0) is 30.4 Å². The summed E-state index contributed by atoms with van der Waals surface area (Å²) < 4.78 is 1.10. The molecule has 0 bridgehead atoms. The van der Waals surface area contributed by atoms with Crippen LogP contribution in [0.4, 0.5) is 0 Å². The first-order valence-electron chi connectivity index (χ1n) is 7.08. The molecule has 0 amide bonds. The molecule has 1 aromatic carbocycles. The molecular weight excluding hydrogens is 288 g/mol. The van der Waals surface area contributed by atoms with E-state index in [0.717, 1.165) is 17.3 Å². The normalized spacial score (nSPS) is 14.4. The van der Waals surface area contributed by atoms with Crippen LogP contribution < -0.4 is 0 Å². The van der Waals surface area contributed by atoms with Crippen molar-refractivity contribution in [2.24, 2.45) is 5.92 Å². The van der Waals surface area contributed by atoms with Crippen LogP contribution in [0.2, 0.25) is 0 Å². The van der Waals surface area contributed by atoms with Crippen molar-refractivity contribution in [1.82, 2.24) is 0 Å². The van der Waals surface area contributed by atoms with Gasteiger partial charge in [0.1, 0.15) is 0 Å². The molecule has 0 radical (unpaired) electrons. The van der Waals surface area contributed by atoms with Gasteiger partial charge in [0, 0.05) is 4.47 Å². The van der Waals surface area contributed by atoms with Crippen molar-refractivity contribution in [3.8, 4) is 0 Å². The number of unbranched alkanes of at least 4 members (excludes halogenated alkanes) is 1. The van der Waals surface area contributed by atoms with Gasteiger partial charge in [-0.1, -0.05) is 73.7 Å². The first kappa shape index (κ1) is 15.7. The molecule has 1 aromatic rings. The first-order chi connectivity index (χ1) is 8.67. The van der Waals surface area contributed by atoms with E-state index in [-0.39, 0.29) is 6.10 Å². The predicted molar refractivity (Wildman–Crippen MR) is 81.8 cm³/mol. The third-order valence-electron chi connectivity index (χ3n) is 3.56. The van der Waals surface area contributed by atoms with E-state index in [1.807, 2.05) is 18.2 Å². The number of aliphatic hydroxyl groups is 1. The summed E-state index contributed by atoms with van der Waals surface area (Å²) in [5.41, 5.74) is 1.20. The van der Waals surface area contributed by atoms with Crippen LogP contribution in [-0.2, 0) is 6.42 Å². The fourth-order valence-electron chi connectivity index (χ4n) is 2.37. The van der Waals surface area contributed by atoms with E-state index < -0.39 is 0 Å². The molecule has 18 heavy (non-hydrogen) atoms. The van der Waals surface area contributed by atoms with E-state index in [2.05, 4.69) is 35.8 Å². The van der Waals surface area contributed by atoms with Gasteiger partial charge >= 0.3 is 0 Å². The molecule has 0 spiro atoms. The molecular formula is C16H25BrO. The van der Waals surface area contributed by atoms with E-state index >= 15 is 0 Å². The molecule has 1 rings (SSSR count). The van der Waals surface area contributed by atoms with Crippen molar-refractivity contribution in [3.05, 3.63) is 34.3 Å². The van der Waals surface area contributed by atoms with Crippen LogP contribution in [0.1, 0.15) is 51.5 Å². The van der Waals surface area contributed by atoms with Crippen molar-refractivity contribution in [1.29, 1.82) is 0 Å². The molecule has 0 heterocycles. The predicted octanol–water partition coefficient (Wildman–Crippen LogP) is 4.96. The Hall–Kier alpha value is -0.340. The van der Waals surface area contributed by atoms with Gasteiger partial charge in [-0.2, -0.15) is 0 Å². The molecule has 0 aromatic heterocycles. The fourth-order valence-corrected chi connectivity index (χ4v) is 2.81. The second-order valence-electron chi connectivity index (χ2n) is 5.10. The number of hydrogen-bond donors (Lipinski definition) is 1. The molecule has 0 aliphatic carbocycles. The van der Waals surface area contributed by atoms with Gasteiger partial charge in [-0.3, -0.25) is 0 Å². The second-order valence-corrected chi connectivity index (χ2v) is 5.96. The van der Waals surface area contributed by atoms with Gasteiger partial charge in [-0.25, -0.2) is 0 Å². The lowest BCUT2D eigenvalue weighted by Gasteiger charge is -2.19. The number of halogens is 1. The van der Waals surface area contributed by atoms with Crippen molar-refractivity contribution in [3.63, 3.8) is 0 Å². The van der Waals surface area contributed by atoms with Crippen LogP contribution in [0.3, 0.4) is 0 Å². The molecule has 1 N–H and O–H groups in total. The quantitative estimate of drug-likeness (QED) is 0.719. The summed E-state index contributed by atoms with van der Waals surface area (Å²) >= 11 is 3.54. The standard InChI is InChI=1S/C16H25BrO/c1-3-5-8-13(4-2)11-15(18)12-14-9-6-7-10-16(14)17/h6-7,9-10,13,15,18H,3-5,8,11-12H2,1-2H3. The van der Waals surface area contributed by atoms with E-state index in [1.165, 1.54) is 31.2 Å². The summed E-state index contributed by atoms with van der Waals surface area (Å²) in [6.07, 6.45) is 6.41. The molecule has 0 aliphatic rings. The lowest BCUT2D eigenvalue weighted by molar-refractivity contribution is 0.137. The van der Waals surface area contributed by atoms with Crippen LogP contribution in [0, 0.1) is 5.92 Å². The van der Waals surface area contributed by atoms with Crippen LogP contribution in [-0.4, -0.2) is 11.2 Å². The van der Waals surface area contributed by atoms with Crippen molar-refractivity contribution < 1.29 is 5.11 Å². The monoisotopic (exact) mass is 312 g/mol. The van der Waals surface area contributed by atoms with Crippen LogP contribution in [0.15, 0.2) is 28.7 Å². The lowest BCUT2D eigenvalue weighted by Crippen LogP contribution is -2.16. The van der Waals surface area contributed by atoms with Gasteiger partial charge in [-0.15, -0.1) is 0 Å². The smallest absolute Gasteiger partial charge is 0.0583 e. The Balaban J connectivity index is 2.45. The minimum atomic E-state index is -0.217. The van der Waals surface area contributed by atoms with E-state index in [9.17, 15) is 5.11 Å². The summed E-state index contributed by atoms with van der Waals surface area (Å²) in [7, 11) is 0. The zero-order valence-corrected chi connectivity index (χ0v) is 13.1. The van der Waals surface area contributed by atoms with Crippen LogP contribution in [0.5, 0.6) is 0 Å². The maximum absolute atomic E-state index is 10.2. The lowest BCUT2D eigenvalue weighted by atomic mass is 9.91. The van der Waals surface area contributed by atoms with Crippen molar-refractivity contribution in [2.75, 3.05) is 0 Å². The topological polar surface area (TPSA) is 20.2 Å². The molecule has 2 unspecified atom stereocenters. The van der Waals surface area contributed by atoms with Crippen molar-refractivity contribution in [2.45, 2.75) is 58.5 Å². The highest BCUT2D eigenvalue weighted by atomic mass is 79.9. The Morgan fingerprint density at radius 1 is 1.22 bits per heavy atom. The summed E-state index contributed by atoms with van der Waals surface area (Å²) in [5.74, 6) is 0.669. The van der Waals surface area contributed by atoms with Gasteiger partial charge in [0.15, 0.2) is 0 Å². The Kier molecular flexibility index (Phi) is 7.60. The molecule has 0 saturated carbocycles. The van der Waals surface area contributed by atoms with E-state index in [4.69, 9.17) is 0 Å². The number of benzene rings is 1. The molecule has 0 fully saturated rings. The SMILES string of the molecule is CCCCC(CC)CC(O)Cc1ccccc1Br. The molecule has 1 nitrogen and oxygen atoms in total. The molecule has 2 atom stereocenters. The van der Waals surface area contributed by atoms with E-state index in [1.54, 1.807) is 0 Å². The van der Waals surface area contributed by atoms with Gasteiger partial charge in [0.25, 0.3) is 0 Å². The Morgan fingerprint density at radius 2 is 1.94 bits per heavy atom. The summed E-state index contributed by atoms with van der Waals surface area (Å²) in [6, 6.07) is 8.16. The van der Waals surface area contributed by atoms with Gasteiger partial charge in [0.2, 0.25) is 0 Å². The number of hydrogen-bond acceptors (Lipinski definition) is 1. The largest absolute Gasteiger partial charge is 0.393 e. The number of rotatable bonds is 8. The van der Waals surface area contributed by atoms with Crippen molar-refractivity contribution >= 4 is 15.9 Å². The summed E-state index contributed by atoms with van der Waals surface area (Å²) in [5, 5.41) is 10.2. The highest BCUT2D eigenvalue weighted by Crippen LogP contribution is 2.23. The van der Waals surface area contributed by atoms with Gasteiger partial charge < -0.3 is 5.11 Å². The van der Waals surface area contributed by atoms with Gasteiger partial charge in [0.05, 0.1) is 6.10 Å². The minimum absolute atomic E-state index is 0.217. The molecule has 0 saturated heterocycles. The summed E-state index contributed by atoms with van der Waals surface area (Å²) in [4.78, 5) is 0. The average Bonchev–Trinajstić information content (AvgIpc) is 2.37. The number of aliphatic hydroxyl groups excluding tert-OH is 1. The molecule has 0 aliphatic heterocycles. The maximum Gasteiger partial charge on any atom is 0.0583 e. The Labute approximate surface area is 120 Å². The zero-order valence-electron chi connectivity index (χ0n) is 11.5. The maximum atomic E-state index is 10.2. The highest BCUT2D eigenvalue weighted by molar-refractivity contribution is 9.10. The Morgan fingerprint density at radius 3 is 2.56 bits per heavy atom. The zero-order chi connectivity index (χ0) is 13.4. The fraction of sp³-hybridized carbons (Fsp3) is 0.625. The van der Waals surface area contributed by atoms with E-state index in [0.29, 0.717) is 5.92 Å². The minimum Gasteiger partial charge on any atom is -0.393 e. The first-order valence-corrected chi connectivity index (χ1v) is 7.88. The highest BCUT2D eigenvalue weighted by Gasteiger charge is 2.14. The average molecular weight is 313 g/mol. The molecule has 2 heteroatoms. The molecule has 102 valence electrons.